The van der Waals surface area contributed by atoms with Gasteiger partial charge >= 0.3 is 5.97 Å². The fraction of sp³-hybridized carbons (Fsp3) is 0.0741. The maximum Gasteiger partial charge on any atom is 0.311 e. The van der Waals surface area contributed by atoms with Gasteiger partial charge in [-0.15, -0.1) is 0 Å². The number of nitrogens with one attached hydrogen (secondary N) is 1. The first-order chi connectivity index (χ1) is 16.1. The number of hydrogen-bond donors (Lipinski definition) is 2. The number of aromatic nitrogens is 1. The molecule has 4 aromatic rings. The van der Waals surface area contributed by atoms with Crippen LogP contribution in [-0.4, -0.2) is 16.9 Å². The Balaban J connectivity index is 1.36. The van der Waals surface area contributed by atoms with Crippen molar-refractivity contribution in [1.82, 2.24) is 4.98 Å². The maximum absolute atomic E-state index is 12.7. The smallest absolute Gasteiger partial charge is 0.311 e. The van der Waals surface area contributed by atoms with Crippen LogP contribution in [0.1, 0.15) is 22.3 Å². The van der Waals surface area contributed by atoms with Crippen molar-refractivity contribution < 1.29 is 14.3 Å². The third kappa shape index (κ3) is 5.83. The Kier molecular flexibility index (Phi) is 6.75. The minimum Gasteiger partial charge on any atom is -0.427 e. The topological polar surface area (TPSA) is 94.3 Å². The van der Waals surface area contributed by atoms with Crippen LogP contribution in [0.2, 0.25) is 0 Å². The molecule has 0 bridgehead atoms. The van der Waals surface area contributed by atoms with E-state index in [1.165, 1.54) is 0 Å². The van der Waals surface area contributed by atoms with Gasteiger partial charge in [0.05, 0.1) is 11.4 Å². The van der Waals surface area contributed by atoms with E-state index < -0.39 is 0 Å². The van der Waals surface area contributed by atoms with Gasteiger partial charge < -0.3 is 15.8 Å². The second-order valence-electron chi connectivity index (χ2n) is 7.44. The molecule has 0 aliphatic rings. The van der Waals surface area contributed by atoms with E-state index in [9.17, 15) is 9.59 Å². The molecule has 0 aliphatic heterocycles. The Morgan fingerprint density at radius 1 is 0.818 bits per heavy atom. The van der Waals surface area contributed by atoms with Gasteiger partial charge in [0.25, 0.3) is 5.91 Å². The normalized spacial score (nSPS) is 10.4. The first-order valence-corrected chi connectivity index (χ1v) is 10.6. The summed E-state index contributed by atoms with van der Waals surface area (Å²) in [6, 6.07) is 29.2. The molecule has 1 amide bonds. The number of esters is 1. The standard InChI is InChI=1S/C27H23N3O3/c28-23-16-17-24(20-7-3-1-4-8-20)29-26(23)30-27(32)21-14-11-19(12-15-21)13-18-25(31)33-22-9-5-2-6-10-22/h1-12,14-17H,13,18,28H2,(H,29,30,32). The molecule has 6 heteroatoms. The molecule has 0 aliphatic carbocycles. The molecule has 1 heterocycles. The van der Waals surface area contributed by atoms with E-state index in [1.807, 2.05) is 66.7 Å². The highest BCUT2D eigenvalue weighted by atomic mass is 16.5. The molecule has 0 atom stereocenters. The fourth-order valence-corrected chi connectivity index (χ4v) is 3.26. The van der Waals surface area contributed by atoms with Crippen LogP contribution in [0.25, 0.3) is 11.3 Å². The molecule has 0 fully saturated rings. The van der Waals surface area contributed by atoms with Crippen LogP contribution in [-0.2, 0) is 11.2 Å². The lowest BCUT2D eigenvalue weighted by molar-refractivity contribution is -0.134. The summed E-state index contributed by atoms with van der Waals surface area (Å²) in [6.45, 7) is 0. The number of carbonyl (C=O) groups excluding carboxylic acids is 2. The number of hydrogen-bond acceptors (Lipinski definition) is 5. The number of nitrogens with two attached hydrogens (primary N) is 1. The van der Waals surface area contributed by atoms with Crippen LogP contribution in [0.3, 0.4) is 0 Å². The highest BCUT2D eigenvalue weighted by molar-refractivity contribution is 6.05. The third-order valence-corrected chi connectivity index (χ3v) is 5.04. The summed E-state index contributed by atoms with van der Waals surface area (Å²) in [5.41, 5.74) is 9.46. The second kappa shape index (κ2) is 10.2. The third-order valence-electron chi connectivity index (χ3n) is 5.04. The van der Waals surface area contributed by atoms with E-state index in [4.69, 9.17) is 10.5 Å². The minimum atomic E-state index is -0.311. The molecule has 1 aromatic heterocycles. The van der Waals surface area contributed by atoms with E-state index in [0.29, 0.717) is 29.2 Å². The molecule has 3 N–H and O–H groups in total. The zero-order valence-electron chi connectivity index (χ0n) is 17.9. The van der Waals surface area contributed by atoms with Gasteiger partial charge in [0.2, 0.25) is 0 Å². The van der Waals surface area contributed by atoms with Crippen molar-refractivity contribution >= 4 is 23.4 Å². The van der Waals surface area contributed by atoms with Crippen molar-refractivity contribution in [2.75, 3.05) is 11.1 Å². The molecular formula is C27H23N3O3. The van der Waals surface area contributed by atoms with Crippen molar-refractivity contribution in [2.45, 2.75) is 12.8 Å². The number of anilines is 2. The summed E-state index contributed by atoms with van der Waals surface area (Å²) in [5, 5.41) is 2.78. The van der Waals surface area contributed by atoms with Crippen LogP contribution in [0, 0.1) is 0 Å². The zero-order chi connectivity index (χ0) is 23.0. The second-order valence-corrected chi connectivity index (χ2v) is 7.44. The van der Waals surface area contributed by atoms with Crippen LogP contribution in [0.15, 0.2) is 97.1 Å². The van der Waals surface area contributed by atoms with E-state index in [2.05, 4.69) is 10.3 Å². The number of nitrogens with zero attached hydrogens (tertiary/aromatic N) is 1. The van der Waals surface area contributed by atoms with Gasteiger partial charge in [-0.05, 0) is 48.4 Å². The number of pyridine rings is 1. The van der Waals surface area contributed by atoms with Crippen LogP contribution in [0.4, 0.5) is 11.5 Å². The van der Waals surface area contributed by atoms with Gasteiger partial charge in [-0.25, -0.2) is 4.98 Å². The summed E-state index contributed by atoms with van der Waals surface area (Å²) in [4.78, 5) is 29.2. The van der Waals surface area contributed by atoms with Crippen molar-refractivity contribution in [3.63, 3.8) is 0 Å². The van der Waals surface area contributed by atoms with Crippen LogP contribution in [0.5, 0.6) is 5.75 Å². The lowest BCUT2D eigenvalue weighted by Gasteiger charge is -2.10. The number of aryl methyl sites for hydroxylation is 1. The fourth-order valence-electron chi connectivity index (χ4n) is 3.26. The number of nitrogen functional groups attached to an aromatic ring is 1. The predicted molar refractivity (Wildman–Crippen MR) is 129 cm³/mol. The lowest BCUT2D eigenvalue weighted by atomic mass is 10.1. The highest BCUT2D eigenvalue weighted by Crippen LogP contribution is 2.23. The van der Waals surface area contributed by atoms with Gasteiger partial charge in [0.1, 0.15) is 5.75 Å². The number of rotatable bonds is 7. The Morgan fingerprint density at radius 2 is 1.48 bits per heavy atom. The number of benzene rings is 3. The summed E-state index contributed by atoms with van der Waals surface area (Å²) < 4.78 is 5.30. The summed E-state index contributed by atoms with van der Waals surface area (Å²) >= 11 is 0. The molecule has 0 saturated carbocycles. The molecule has 164 valence electrons. The monoisotopic (exact) mass is 437 g/mol. The van der Waals surface area contributed by atoms with Crippen molar-refractivity contribution in [1.29, 1.82) is 0 Å². The molecule has 33 heavy (non-hydrogen) atoms. The SMILES string of the molecule is Nc1ccc(-c2ccccc2)nc1NC(=O)c1ccc(CCC(=O)Oc2ccccc2)cc1. The van der Waals surface area contributed by atoms with Gasteiger partial charge in [0, 0.05) is 17.5 Å². The quantitative estimate of drug-likeness (QED) is 0.309. The lowest BCUT2D eigenvalue weighted by Crippen LogP contribution is -2.15. The summed E-state index contributed by atoms with van der Waals surface area (Å²) in [6.07, 6.45) is 0.758. The van der Waals surface area contributed by atoms with Gasteiger partial charge in [0.15, 0.2) is 5.82 Å². The van der Waals surface area contributed by atoms with Crippen molar-refractivity contribution in [2.24, 2.45) is 0 Å². The number of amides is 1. The first kappa shape index (κ1) is 21.8. The summed E-state index contributed by atoms with van der Waals surface area (Å²) in [5.74, 6) is 0.227. The molecule has 0 radical (unpaired) electrons. The maximum atomic E-state index is 12.7. The minimum absolute atomic E-state index is 0.243. The highest BCUT2D eigenvalue weighted by Gasteiger charge is 2.12. The number of carbonyl (C=O) groups is 2. The largest absolute Gasteiger partial charge is 0.427 e. The first-order valence-electron chi connectivity index (χ1n) is 10.6. The molecule has 3 aromatic carbocycles. The van der Waals surface area contributed by atoms with Gasteiger partial charge in [-0.2, -0.15) is 0 Å². The molecule has 6 nitrogen and oxygen atoms in total. The Morgan fingerprint density at radius 3 is 2.18 bits per heavy atom. The zero-order valence-corrected chi connectivity index (χ0v) is 17.9. The van der Waals surface area contributed by atoms with Gasteiger partial charge in [-0.3, -0.25) is 9.59 Å². The van der Waals surface area contributed by atoms with Gasteiger partial charge in [-0.1, -0.05) is 60.7 Å². The van der Waals surface area contributed by atoms with E-state index >= 15 is 0 Å². The van der Waals surface area contributed by atoms with Crippen molar-refractivity contribution in [3.05, 3.63) is 108 Å². The summed E-state index contributed by atoms with van der Waals surface area (Å²) in [7, 11) is 0. The van der Waals surface area contributed by atoms with Crippen molar-refractivity contribution in [3.8, 4) is 17.0 Å². The number of para-hydroxylation sites is 1. The van der Waals surface area contributed by atoms with Crippen LogP contribution < -0.4 is 15.8 Å². The van der Waals surface area contributed by atoms with E-state index in [0.717, 1.165) is 16.8 Å². The Hall–Kier alpha value is -4.45. The van der Waals surface area contributed by atoms with E-state index in [1.54, 1.807) is 30.3 Å². The molecule has 4 rings (SSSR count). The van der Waals surface area contributed by atoms with E-state index in [-0.39, 0.29) is 18.3 Å². The molecule has 0 unspecified atom stereocenters. The molecule has 0 saturated heterocycles. The number of ether oxygens (including phenoxy) is 1. The Labute approximate surface area is 192 Å². The predicted octanol–water partition coefficient (Wildman–Crippen LogP) is 5.12. The molecule has 0 spiro atoms. The van der Waals surface area contributed by atoms with Crippen LogP contribution >= 0.6 is 0 Å². The Bertz CT molecular complexity index is 1240. The average Bonchev–Trinajstić information content (AvgIpc) is 2.85. The molecular weight excluding hydrogens is 414 g/mol. The average molecular weight is 437 g/mol.